The number of nitrogens with one attached hydrogen (secondary N) is 1. The lowest BCUT2D eigenvalue weighted by molar-refractivity contribution is -0.147. The third-order valence-corrected chi connectivity index (χ3v) is 4.91. The number of benzene rings is 3. The second-order valence-electron chi connectivity index (χ2n) is 6.85. The SMILES string of the molecule is COc1ccccc1CNC(=O)COC(=O)Cc1coc2ccc3ccccc3c12. The van der Waals surface area contributed by atoms with Crippen LogP contribution >= 0.6 is 0 Å². The van der Waals surface area contributed by atoms with Crippen LogP contribution in [0.25, 0.3) is 21.7 Å². The molecule has 3 aromatic carbocycles. The van der Waals surface area contributed by atoms with E-state index in [1.807, 2.05) is 60.7 Å². The minimum absolute atomic E-state index is 0.0286. The standard InChI is InChI=1S/C24H21NO5/c1-28-20-9-5-3-7-17(20)13-25-22(26)15-30-23(27)12-18-14-29-21-11-10-16-6-2-4-8-19(16)24(18)21/h2-11,14H,12-13,15H2,1H3,(H,25,26). The first kappa shape index (κ1) is 19.5. The first-order valence-electron chi connectivity index (χ1n) is 9.58. The molecule has 0 bridgehead atoms. The van der Waals surface area contributed by atoms with Gasteiger partial charge in [-0.3, -0.25) is 9.59 Å². The number of rotatable bonds is 7. The van der Waals surface area contributed by atoms with E-state index in [9.17, 15) is 9.59 Å². The number of hydrogen-bond acceptors (Lipinski definition) is 5. The predicted octanol–water partition coefficient (Wildman–Crippen LogP) is 4.00. The van der Waals surface area contributed by atoms with E-state index in [0.717, 1.165) is 27.3 Å². The first-order valence-corrected chi connectivity index (χ1v) is 9.58. The fourth-order valence-electron chi connectivity index (χ4n) is 3.45. The normalized spacial score (nSPS) is 10.8. The van der Waals surface area contributed by atoms with Gasteiger partial charge in [-0.2, -0.15) is 0 Å². The Morgan fingerprint density at radius 3 is 2.63 bits per heavy atom. The van der Waals surface area contributed by atoms with Crippen LogP contribution in [0.15, 0.2) is 71.3 Å². The van der Waals surface area contributed by atoms with Crippen LogP contribution in [0.3, 0.4) is 0 Å². The number of fused-ring (bicyclic) bond motifs is 3. The smallest absolute Gasteiger partial charge is 0.310 e. The van der Waals surface area contributed by atoms with Gasteiger partial charge in [0.1, 0.15) is 11.3 Å². The summed E-state index contributed by atoms with van der Waals surface area (Å²) in [7, 11) is 1.57. The number of methoxy groups -OCH3 is 1. The molecule has 1 aromatic heterocycles. The molecular formula is C24H21NO5. The fourth-order valence-corrected chi connectivity index (χ4v) is 3.45. The molecule has 4 aromatic rings. The first-order chi connectivity index (χ1) is 14.7. The van der Waals surface area contributed by atoms with Gasteiger partial charge in [0.25, 0.3) is 5.91 Å². The second-order valence-corrected chi connectivity index (χ2v) is 6.85. The lowest BCUT2D eigenvalue weighted by Crippen LogP contribution is -2.28. The Kier molecular flexibility index (Phi) is 5.66. The summed E-state index contributed by atoms with van der Waals surface area (Å²) in [4.78, 5) is 24.4. The molecule has 0 fully saturated rings. The van der Waals surface area contributed by atoms with Crippen molar-refractivity contribution in [2.75, 3.05) is 13.7 Å². The topological polar surface area (TPSA) is 77.8 Å². The number of hydrogen-bond donors (Lipinski definition) is 1. The van der Waals surface area contributed by atoms with Gasteiger partial charge in [-0.1, -0.05) is 48.5 Å². The number of para-hydroxylation sites is 1. The summed E-state index contributed by atoms with van der Waals surface area (Å²) >= 11 is 0. The molecule has 0 radical (unpaired) electrons. The summed E-state index contributed by atoms with van der Waals surface area (Å²) in [5.41, 5.74) is 2.30. The number of carbonyl (C=O) groups excluding carboxylic acids is 2. The van der Waals surface area contributed by atoms with Gasteiger partial charge in [0, 0.05) is 23.1 Å². The molecule has 0 unspecified atom stereocenters. The largest absolute Gasteiger partial charge is 0.496 e. The summed E-state index contributed by atoms with van der Waals surface area (Å²) in [6, 6.07) is 19.2. The third-order valence-electron chi connectivity index (χ3n) is 4.91. The van der Waals surface area contributed by atoms with Gasteiger partial charge < -0.3 is 19.2 Å². The van der Waals surface area contributed by atoms with E-state index < -0.39 is 5.97 Å². The minimum Gasteiger partial charge on any atom is -0.496 e. The van der Waals surface area contributed by atoms with Crippen molar-refractivity contribution in [2.24, 2.45) is 0 Å². The van der Waals surface area contributed by atoms with Crippen LogP contribution in [0.5, 0.6) is 5.75 Å². The molecule has 4 rings (SSSR count). The zero-order chi connectivity index (χ0) is 20.9. The van der Waals surface area contributed by atoms with E-state index in [2.05, 4.69) is 5.32 Å². The highest BCUT2D eigenvalue weighted by Gasteiger charge is 2.15. The zero-order valence-corrected chi connectivity index (χ0v) is 16.5. The Labute approximate surface area is 173 Å². The van der Waals surface area contributed by atoms with Crippen molar-refractivity contribution in [1.29, 1.82) is 0 Å². The minimum atomic E-state index is -0.488. The van der Waals surface area contributed by atoms with Crippen LogP contribution in [0.4, 0.5) is 0 Å². The fraction of sp³-hybridized carbons (Fsp3) is 0.167. The molecule has 1 amide bonds. The van der Waals surface area contributed by atoms with Crippen LogP contribution in [0.1, 0.15) is 11.1 Å². The van der Waals surface area contributed by atoms with Crippen molar-refractivity contribution in [1.82, 2.24) is 5.32 Å². The van der Waals surface area contributed by atoms with Crippen LogP contribution in [0, 0.1) is 0 Å². The maximum atomic E-state index is 12.3. The molecule has 0 atom stereocenters. The van der Waals surface area contributed by atoms with Gasteiger partial charge in [-0.15, -0.1) is 0 Å². The van der Waals surface area contributed by atoms with Gasteiger partial charge in [-0.25, -0.2) is 0 Å². The maximum absolute atomic E-state index is 12.3. The Morgan fingerprint density at radius 2 is 1.77 bits per heavy atom. The van der Waals surface area contributed by atoms with Crippen molar-refractivity contribution in [2.45, 2.75) is 13.0 Å². The summed E-state index contributed by atoms with van der Waals surface area (Å²) in [6.07, 6.45) is 1.60. The number of esters is 1. The third kappa shape index (κ3) is 4.12. The van der Waals surface area contributed by atoms with E-state index in [0.29, 0.717) is 17.9 Å². The molecule has 1 N–H and O–H groups in total. The second kappa shape index (κ2) is 8.69. The van der Waals surface area contributed by atoms with Crippen molar-refractivity contribution in [3.8, 4) is 5.75 Å². The van der Waals surface area contributed by atoms with Gasteiger partial charge >= 0.3 is 5.97 Å². The number of carbonyl (C=O) groups is 2. The lowest BCUT2D eigenvalue weighted by Gasteiger charge is -2.10. The van der Waals surface area contributed by atoms with Gasteiger partial charge in [0.15, 0.2) is 6.61 Å². The highest BCUT2D eigenvalue weighted by Crippen LogP contribution is 2.30. The van der Waals surface area contributed by atoms with Crippen LogP contribution in [0.2, 0.25) is 0 Å². The zero-order valence-electron chi connectivity index (χ0n) is 16.5. The van der Waals surface area contributed by atoms with Crippen LogP contribution in [-0.4, -0.2) is 25.6 Å². The van der Waals surface area contributed by atoms with Gasteiger partial charge in [-0.05, 0) is 22.9 Å². The Morgan fingerprint density at radius 1 is 0.967 bits per heavy atom. The molecule has 0 aliphatic carbocycles. The highest BCUT2D eigenvalue weighted by atomic mass is 16.5. The Hall–Kier alpha value is -3.80. The van der Waals surface area contributed by atoms with Crippen molar-refractivity contribution in [3.63, 3.8) is 0 Å². The van der Waals surface area contributed by atoms with Crippen molar-refractivity contribution >= 4 is 33.6 Å². The summed E-state index contributed by atoms with van der Waals surface area (Å²) in [6.45, 7) is -0.0523. The molecule has 6 heteroatoms. The summed E-state index contributed by atoms with van der Waals surface area (Å²) < 4.78 is 16.0. The monoisotopic (exact) mass is 403 g/mol. The number of furan rings is 1. The number of amides is 1. The molecule has 0 aliphatic rings. The van der Waals surface area contributed by atoms with Crippen LogP contribution < -0.4 is 10.1 Å². The van der Waals surface area contributed by atoms with E-state index >= 15 is 0 Å². The van der Waals surface area contributed by atoms with Crippen molar-refractivity contribution < 1.29 is 23.5 Å². The maximum Gasteiger partial charge on any atom is 0.310 e. The van der Waals surface area contributed by atoms with E-state index in [4.69, 9.17) is 13.9 Å². The summed E-state index contributed by atoms with van der Waals surface area (Å²) in [5, 5.41) is 5.70. The van der Waals surface area contributed by atoms with Gasteiger partial charge in [0.2, 0.25) is 0 Å². The summed E-state index contributed by atoms with van der Waals surface area (Å²) in [5.74, 6) is -0.177. The molecule has 0 spiro atoms. The highest BCUT2D eigenvalue weighted by molar-refractivity contribution is 6.08. The number of ether oxygens (including phenoxy) is 2. The van der Waals surface area contributed by atoms with E-state index in [1.165, 1.54) is 0 Å². The molecule has 0 aliphatic heterocycles. The predicted molar refractivity (Wildman–Crippen MR) is 113 cm³/mol. The average molecular weight is 403 g/mol. The molecule has 0 saturated carbocycles. The van der Waals surface area contributed by atoms with Crippen molar-refractivity contribution in [3.05, 3.63) is 78.1 Å². The molecule has 30 heavy (non-hydrogen) atoms. The molecule has 0 saturated heterocycles. The van der Waals surface area contributed by atoms with Gasteiger partial charge in [0.05, 0.1) is 19.8 Å². The lowest BCUT2D eigenvalue weighted by atomic mass is 10.0. The molecule has 1 heterocycles. The van der Waals surface area contributed by atoms with E-state index in [1.54, 1.807) is 13.4 Å². The Balaban J connectivity index is 1.36. The Bertz CT molecular complexity index is 1210. The average Bonchev–Trinajstić information content (AvgIpc) is 3.19. The molecule has 6 nitrogen and oxygen atoms in total. The van der Waals surface area contributed by atoms with E-state index in [-0.39, 0.29) is 18.9 Å². The quantitative estimate of drug-likeness (QED) is 0.472. The molecular weight excluding hydrogens is 382 g/mol. The van der Waals surface area contributed by atoms with Crippen LogP contribution in [-0.2, 0) is 27.3 Å². The molecule has 152 valence electrons.